The Labute approximate surface area is 200 Å². The summed E-state index contributed by atoms with van der Waals surface area (Å²) in [6.45, 7) is 6.45. The van der Waals surface area contributed by atoms with Gasteiger partial charge in [-0.25, -0.2) is 8.42 Å². The number of nitrogens with one attached hydrogen (secondary N) is 1. The summed E-state index contributed by atoms with van der Waals surface area (Å²) in [6, 6.07) is 12.1. The van der Waals surface area contributed by atoms with Gasteiger partial charge in [0.25, 0.3) is 0 Å². The predicted octanol–water partition coefficient (Wildman–Crippen LogP) is 3.42. The highest BCUT2D eigenvalue weighted by atomic mass is 32.2. The summed E-state index contributed by atoms with van der Waals surface area (Å²) in [5, 5.41) is 2.89. The van der Waals surface area contributed by atoms with Crippen molar-refractivity contribution in [2.24, 2.45) is 5.92 Å². The van der Waals surface area contributed by atoms with E-state index in [0.29, 0.717) is 38.1 Å². The maximum atomic E-state index is 13.4. The molecule has 0 bridgehead atoms. The van der Waals surface area contributed by atoms with Crippen molar-refractivity contribution in [3.8, 4) is 5.75 Å². The van der Waals surface area contributed by atoms with Crippen LogP contribution in [0.4, 0.5) is 11.4 Å². The predicted molar refractivity (Wildman–Crippen MR) is 130 cm³/mol. The molecule has 1 N–H and O–H groups in total. The molecule has 0 aromatic heterocycles. The number of nitrogens with zero attached hydrogens (tertiary/aromatic N) is 2. The van der Waals surface area contributed by atoms with Gasteiger partial charge in [0.2, 0.25) is 21.8 Å². The first-order valence-electron chi connectivity index (χ1n) is 11.7. The molecular weight excluding hydrogens is 454 g/mol. The number of hydrogen-bond acceptors (Lipinski definition) is 5. The lowest BCUT2D eigenvalue weighted by molar-refractivity contribution is -0.121. The van der Waals surface area contributed by atoms with Crippen LogP contribution >= 0.6 is 0 Å². The molecule has 2 atom stereocenters. The summed E-state index contributed by atoms with van der Waals surface area (Å²) in [5.74, 6) is 0.0477. The normalized spacial score (nSPS) is 20.6. The maximum Gasteiger partial charge on any atom is 0.243 e. The van der Waals surface area contributed by atoms with Crippen LogP contribution in [0.5, 0.6) is 5.75 Å². The molecule has 2 heterocycles. The molecule has 2 aromatic rings. The molecule has 34 heavy (non-hydrogen) atoms. The number of carbonyl (C=O) groups excluding carboxylic acids is 2. The van der Waals surface area contributed by atoms with E-state index in [2.05, 4.69) is 5.32 Å². The number of sulfonamides is 1. The van der Waals surface area contributed by atoms with Crippen LogP contribution in [0.2, 0.25) is 0 Å². The average molecular weight is 486 g/mol. The van der Waals surface area contributed by atoms with E-state index >= 15 is 0 Å². The van der Waals surface area contributed by atoms with Crippen molar-refractivity contribution in [3.05, 3.63) is 48.0 Å². The summed E-state index contributed by atoms with van der Waals surface area (Å²) in [4.78, 5) is 26.8. The van der Waals surface area contributed by atoms with Crippen molar-refractivity contribution in [3.63, 3.8) is 0 Å². The fourth-order valence-corrected chi connectivity index (χ4v) is 6.39. The first kappa shape index (κ1) is 24.2. The molecule has 0 aliphatic carbocycles. The van der Waals surface area contributed by atoms with Crippen molar-refractivity contribution >= 4 is 33.2 Å². The zero-order chi connectivity index (χ0) is 24.5. The smallest absolute Gasteiger partial charge is 0.243 e. The van der Waals surface area contributed by atoms with Crippen LogP contribution in [0.15, 0.2) is 47.4 Å². The molecule has 0 spiro atoms. The molecule has 2 aliphatic heterocycles. The minimum Gasteiger partial charge on any atom is -0.494 e. The SMILES string of the molecule is CCOc1ccc(NC(=O)[C@H]2CCCN(S(=O)(=O)c3ccc4c(c3)C[C@H](C)N4C(C)=O)C2)cc1. The fourth-order valence-electron chi connectivity index (χ4n) is 4.82. The number of rotatable bonds is 6. The first-order chi connectivity index (χ1) is 16.2. The highest BCUT2D eigenvalue weighted by Crippen LogP contribution is 2.35. The number of hydrogen-bond donors (Lipinski definition) is 1. The Bertz CT molecular complexity index is 1180. The van der Waals surface area contributed by atoms with Crippen molar-refractivity contribution in [2.75, 3.05) is 29.9 Å². The zero-order valence-corrected chi connectivity index (χ0v) is 20.6. The lowest BCUT2D eigenvalue weighted by Gasteiger charge is -2.31. The van der Waals surface area contributed by atoms with Crippen LogP contribution < -0.4 is 15.0 Å². The van der Waals surface area contributed by atoms with Gasteiger partial charge in [-0.2, -0.15) is 4.31 Å². The molecular formula is C25H31N3O5S. The standard InChI is InChI=1S/C25H31N3O5S/c1-4-33-22-9-7-21(8-10-22)26-25(30)19-6-5-13-27(16-19)34(31,32)23-11-12-24-20(15-23)14-17(2)28(24)18(3)29/h7-12,15,17,19H,4-6,13-14,16H2,1-3H3,(H,26,30)/t17-,19-/m0/s1. The Hall–Kier alpha value is -2.91. The van der Waals surface area contributed by atoms with E-state index in [1.807, 2.05) is 13.8 Å². The van der Waals surface area contributed by atoms with Gasteiger partial charge in [0, 0.05) is 37.4 Å². The molecule has 2 amide bonds. The summed E-state index contributed by atoms with van der Waals surface area (Å²) < 4.78 is 33.6. The third-order valence-electron chi connectivity index (χ3n) is 6.43. The van der Waals surface area contributed by atoms with E-state index < -0.39 is 15.9 Å². The van der Waals surface area contributed by atoms with E-state index in [4.69, 9.17) is 4.74 Å². The van der Waals surface area contributed by atoms with Gasteiger partial charge < -0.3 is 15.0 Å². The highest BCUT2D eigenvalue weighted by molar-refractivity contribution is 7.89. The van der Waals surface area contributed by atoms with E-state index in [1.54, 1.807) is 47.4 Å². The highest BCUT2D eigenvalue weighted by Gasteiger charge is 2.35. The van der Waals surface area contributed by atoms with E-state index in [9.17, 15) is 18.0 Å². The monoisotopic (exact) mass is 485 g/mol. The van der Waals surface area contributed by atoms with Gasteiger partial charge in [-0.1, -0.05) is 0 Å². The molecule has 182 valence electrons. The van der Waals surface area contributed by atoms with Crippen molar-refractivity contribution in [1.82, 2.24) is 4.31 Å². The Morgan fingerprint density at radius 3 is 2.56 bits per heavy atom. The van der Waals surface area contributed by atoms with Gasteiger partial charge >= 0.3 is 0 Å². The summed E-state index contributed by atoms with van der Waals surface area (Å²) >= 11 is 0. The quantitative estimate of drug-likeness (QED) is 0.676. The maximum absolute atomic E-state index is 13.4. The van der Waals surface area contributed by atoms with Gasteiger partial charge in [-0.05, 0) is 81.1 Å². The zero-order valence-electron chi connectivity index (χ0n) is 19.8. The van der Waals surface area contributed by atoms with Gasteiger partial charge in [-0.15, -0.1) is 0 Å². The third kappa shape index (κ3) is 4.81. The topological polar surface area (TPSA) is 96.0 Å². The Balaban J connectivity index is 1.46. The fraction of sp³-hybridized carbons (Fsp3) is 0.440. The average Bonchev–Trinajstić information content (AvgIpc) is 3.15. The minimum absolute atomic E-state index is 0.00359. The molecule has 2 aromatic carbocycles. The van der Waals surface area contributed by atoms with Crippen molar-refractivity contribution < 1.29 is 22.7 Å². The van der Waals surface area contributed by atoms with Crippen LogP contribution in [0.3, 0.4) is 0 Å². The van der Waals surface area contributed by atoms with Crippen LogP contribution in [-0.2, 0) is 26.0 Å². The molecule has 0 unspecified atom stereocenters. The van der Waals surface area contributed by atoms with Gasteiger partial charge in [0.15, 0.2) is 0 Å². The summed E-state index contributed by atoms with van der Waals surface area (Å²) in [7, 11) is -3.76. The third-order valence-corrected chi connectivity index (χ3v) is 8.29. The number of anilines is 2. The Morgan fingerprint density at radius 2 is 1.88 bits per heavy atom. The number of fused-ring (bicyclic) bond motifs is 1. The van der Waals surface area contributed by atoms with Crippen LogP contribution in [0.1, 0.15) is 39.2 Å². The van der Waals surface area contributed by atoms with Crippen LogP contribution in [0, 0.1) is 5.92 Å². The second kappa shape index (κ2) is 9.76. The molecule has 1 fully saturated rings. The lowest BCUT2D eigenvalue weighted by Crippen LogP contribution is -2.43. The van der Waals surface area contributed by atoms with Gasteiger partial charge in [0.05, 0.1) is 17.4 Å². The van der Waals surface area contributed by atoms with E-state index in [1.165, 1.54) is 11.2 Å². The Kier molecular flexibility index (Phi) is 6.95. The lowest BCUT2D eigenvalue weighted by atomic mass is 9.99. The minimum atomic E-state index is -3.76. The first-order valence-corrected chi connectivity index (χ1v) is 13.1. The molecule has 0 saturated carbocycles. The molecule has 9 heteroatoms. The Morgan fingerprint density at radius 1 is 1.15 bits per heavy atom. The molecule has 8 nitrogen and oxygen atoms in total. The van der Waals surface area contributed by atoms with Crippen molar-refractivity contribution in [1.29, 1.82) is 0 Å². The van der Waals surface area contributed by atoms with Crippen molar-refractivity contribution in [2.45, 2.75) is 51.0 Å². The summed E-state index contributed by atoms with van der Waals surface area (Å²) in [6.07, 6.45) is 1.86. The molecule has 4 rings (SSSR count). The molecule has 1 saturated heterocycles. The van der Waals surface area contributed by atoms with Crippen LogP contribution in [0.25, 0.3) is 0 Å². The van der Waals surface area contributed by atoms with Gasteiger partial charge in [-0.3, -0.25) is 9.59 Å². The van der Waals surface area contributed by atoms with Crippen LogP contribution in [-0.4, -0.2) is 50.3 Å². The largest absolute Gasteiger partial charge is 0.494 e. The number of amides is 2. The van der Waals surface area contributed by atoms with E-state index in [0.717, 1.165) is 17.0 Å². The van der Waals surface area contributed by atoms with E-state index in [-0.39, 0.29) is 29.3 Å². The van der Waals surface area contributed by atoms with Gasteiger partial charge in [0.1, 0.15) is 5.75 Å². The number of piperidine rings is 1. The second-order valence-corrected chi connectivity index (χ2v) is 10.8. The molecule has 0 radical (unpaired) electrons. The number of benzene rings is 2. The number of ether oxygens (including phenoxy) is 1. The molecule has 2 aliphatic rings. The second-order valence-electron chi connectivity index (χ2n) is 8.88. The number of carbonyl (C=O) groups is 2. The summed E-state index contributed by atoms with van der Waals surface area (Å²) in [5.41, 5.74) is 2.27.